The lowest BCUT2D eigenvalue weighted by molar-refractivity contribution is -0.139. The van der Waals surface area contributed by atoms with Crippen molar-refractivity contribution < 1.29 is 14.3 Å². The molecule has 16 heavy (non-hydrogen) atoms. The van der Waals surface area contributed by atoms with Crippen LogP contribution < -0.4 is 4.74 Å². The maximum absolute atomic E-state index is 11.3. The number of hydrogen-bond acceptors (Lipinski definition) is 3. The Bertz CT molecular complexity index is 408. The Morgan fingerprint density at radius 2 is 1.81 bits per heavy atom. The summed E-state index contributed by atoms with van der Waals surface area (Å²) in [7, 11) is 3.02. The predicted octanol–water partition coefficient (Wildman–Crippen LogP) is 2.34. The number of carbonyl (C=O) groups is 1. The van der Waals surface area contributed by atoms with Crippen LogP contribution in [0.15, 0.2) is 6.07 Å². The lowest BCUT2D eigenvalue weighted by atomic mass is 9.97. The number of esters is 1. The molecule has 0 heterocycles. The molecule has 0 aliphatic carbocycles. The second-order valence-corrected chi connectivity index (χ2v) is 3.90. The summed E-state index contributed by atoms with van der Waals surface area (Å²) in [6, 6.07) is 2.07. The highest BCUT2D eigenvalue weighted by Gasteiger charge is 2.15. The van der Waals surface area contributed by atoms with Crippen LogP contribution in [-0.2, 0) is 16.0 Å². The van der Waals surface area contributed by atoms with Gasteiger partial charge in [-0.25, -0.2) is 0 Å². The summed E-state index contributed by atoms with van der Waals surface area (Å²) in [5, 5.41) is 0. The van der Waals surface area contributed by atoms with E-state index in [1.165, 1.54) is 12.7 Å². The Morgan fingerprint density at radius 3 is 2.31 bits per heavy atom. The van der Waals surface area contributed by atoms with Gasteiger partial charge in [-0.15, -0.1) is 0 Å². The number of benzene rings is 1. The molecule has 1 aromatic rings. The first-order valence-corrected chi connectivity index (χ1v) is 5.21. The fourth-order valence-corrected chi connectivity index (χ4v) is 1.82. The second kappa shape index (κ2) is 5.01. The van der Waals surface area contributed by atoms with Crippen molar-refractivity contribution in [2.24, 2.45) is 0 Å². The molecule has 0 spiro atoms. The zero-order chi connectivity index (χ0) is 12.3. The number of methoxy groups -OCH3 is 2. The van der Waals surface area contributed by atoms with Gasteiger partial charge in [-0.3, -0.25) is 4.79 Å². The van der Waals surface area contributed by atoms with Gasteiger partial charge in [0.1, 0.15) is 5.75 Å². The minimum Gasteiger partial charge on any atom is -0.496 e. The van der Waals surface area contributed by atoms with Crippen molar-refractivity contribution in [3.8, 4) is 5.75 Å². The SMILES string of the molecule is COC(=O)Cc1c(C)cc(C)c(C)c1OC. The molecule has 0 aliphatic rings. The van der Waals surface area contributed by atoms with Gasteiger partial charge in [-0.2, -0.15) is 0 Å². The summed E-state index contributed by atoms with van der Waals surface area (Å²) in [6.07, 6.45) is 0.257. The summed E-state index contributed by atoms with van der Waals surface area (Å²) in [5.74, 6) is 0.549. The number of carbonyl (C=O) groups excluding carboxylic acids is 1. The molecule has 0 amide bonds. The Kier molecular flexibility index (Phi) is 3.93. The lowest BCUT2D eigenvalue weighted by Crippen LogP contribution is -2.09. The van der Waals surface area contributed by atoms with Gasteiger partial charge < -0.3 is 9.47 Å². The van der Waals surface area contributed by atoms with Gasteiger partial charge in [0, 0.05) is 5.56 Å². The van der Waals surface area contributed by atoms with Gasteiger partial charge in [-0.1, -0.05) is 6.07 Å². The molecule has 0 bridgehead atoms. The van der Waals surface area contributed by atoms with E-state index in [2.05, 4.69) is 10.8 Å². The zero-order valence-electron chi connectivity index (χ0n) is 10.5. The monoisotopic (exact) mass is 222 g/mol. The molecule has 3 nitrogen and oxygen atoms in total. The number of rotatable bonds is 3. The molecule has 1 aromatic carbocycles. The molecule has 0 saturated carbocycles. The highest BCUT2D eigenvalue weighted by Crippen LogP contribution is 2.29. The van der Waals surface area contributed by atoms with Crippen molar-refractivity contribution in [2.45, 2.75) is 27.2 Å². The van der Waals surface area contributed by atoms with Gasteiger partial charge in [-0.05, 0) is 37.5 Å². The van der Waals surface area contributed by atoms with Gasteiger partial charge in [0.25, 0.3) is 0 Å². The van der Waals surface area contributed by atoms with Crippen LogP contribution in [0, 0.1) is 20.8 Å². The van der Waals surface area contributed by atoms with Crippen LogP contribution in [0.2, 0.25) is 0 Å². The third-order valence-electron chi connectivity index (χ3n) is 2.87. The number of ether oxygens (including phenoxy) is 2. The molecular formula is C13H18O3. The van der Waals surface area contributed by atoms with E-state index in [9.17, 15) is 4.79 Å². The third kappa shape index (κ3) is 2.35. The van der Waals surface area contributed by atoms with Crippen molar-refractivity contribution >= 4 is 5.97 Å². The Hall–Kier alpha value is -1.51. The smallest absolute Gasteiger partial charge is 0.310 e. The van der Waals surface area contributed by atoms with Crippen molar-refractivity contribution in [1.82, 2.24) is 0 Å². The molecule has 0 saturated heterocycles. The molecule has 0 N–H and O–H groups in total. The van der Waals surface area contributed by atoms with Gasteiger partial charge >= 0.3 is 5.97 Å². The molecule has 0 aromatic heterocycles. The average molecular weight is 222 g/mol. The van der Waals surface area contributed by atoms with Crippen molar-refractivity contribution in [3.63, 3.8) is 0 Å². The topological polar surface area (TPSA) is 35.5 Å². The Balaban J connectivity index is 3.25. The van der Waals surface area contributed by atoms with Crippen LogP contribution in [-0.4, -0.2) is 20.2 Å². The Morgan fingerprint density at radius 1 is 1.19 bits per heavy atom. The van der Waals surface area contributed by atoms with Crippen LogP contribution in [0.25, 0.3) is 0 Å². The van der Waals surface area contributed by atoms with E-state index in [1.54, 1.807) is 7.11 Å². The van der Waals surface area contributed by atoms with Crippen LogP contribution in [0.4, 0.5) is 0 Å². The first-order chi connectivity index (χ1) is 7.51. The van der Waals surface area contributed by atoms with E-state index >= 15 is 0 Å². The molecule has 0 aliphatic heterocycles. The van der Waals surface area contributed by atoms with E-state index in [1.807, 2.05) is 20.8 Å². The van der Waals surface area contributed by atoms with Crippen LogP contribution >= 0.6 is 0 Å². The van der Waals surface area contributed by atoms with E-state index in [0.717, 1.165) is 22.4 Å². The molecular weight excluding hydrogens is 204 g/mol. The van der Waals surface area contributed by atoms with E-state index < -0.39 is 0 Å². The number of hydrogen-bond donors (Lipinski definition) is 0. The van der Waals surface area contributed by atoms with E-state index in [-0.39, 0.29) is 12.4 Å². The van der Waals surface area contributed by atoms with Gasteiger partial charge in [0.2, 0.25) is 0 Å². The van der Waals surface area contributed by atoms with E-state index in [4.69, 9.17) is 4.74 Å². The van der Waals surface area contributed by atoms with Crippen molar-refractivity contribution in [1.29, 1.82) is 0 Å². The largest absolute Gasteiger partial charge is 0.496 e. The Labute approximate surface area is 96.4 Å². The summed E-state index contributed by atoms with van der Waals surface area (Å²) in [5.41, 5.74) is 4.22. The summed E-state index contributed by atoms with van der Waals surface area (Å²) < 4.78 is 10.1. The molecule has 0 unspecified atom stereocenters. The predicted molar refractivity (Wildman–Crippen MR) is 62.9 cm³/mol. The van der Waals surface area contributed by atoms with Crippen molar-refractivity contribution in [3.05, 3.63) is 28.3 Å². The first-order valence-electron chi connectivity index (χ1n) is 5.21. The summed E-state index contributed by atoms with van der Waals surface area (Å²) >= 11 is 0. The molecule has 3 heteroatoms. The highest BCUT2D eigenvalue weighted by atomic mass is 16.5. The average Bonchev–Trinajstić information content (AvgIpc) is 2.26. The first kappa shape index (κ1) is 12.6. The highest BCUT2D eigenvalue weighted by molar-refractivity contribution is 5.74. The molecule has 0 radical (unpaired) electrons. The number of aryl methyl sites for hydroxylation is 2. The lowest BCUT2D eigenvalue weighted by Gasteiger charge is -2.15. The maximum atomic E-state index is 11.3. The molecule has 0 fully saturated rings. The third-order valence-corrected chi connectivity index (χ3v) is 2.87. The summed E-state index contributed by atoms with van der Waals surface area (Å²) in [4.78, 5) is 11.3. The fraction of sp³-hybridized carbons (Fsp3) is 0.462. The van der Waals surface area contributed by atoms with Gasteiger partial charge in [0.15, 0.2) is 0 Å². The van der Waals surface area contributed by atoms with E-state index in [0.29, 0.717) is 0 Å². The standard InChI is InChI=1S/C13H18O3/c1-8-6-9(2)11(7-12(14)15-4)13(16-5)10(8)3/h6H,7H2,1-5H3. The minimum absolute atomic E-state index is 0.246. The maximum Gasteiger partial charge on any atom is 0.310 e. The minimum atomic E-state index is -0.246. The second-order valence-electron chi connectivity index (χ2n) is 3.90. The normalized spacial score (nSPS) is 10.1. The van der Waals surface area contributed by atoms with Crippen LogP contribution in [0.3, 0.4) is 0 Å². The molecule has 1 rings (SSSR count). The fourth-order valence-electron chi connectivity index (χ4n) is 1.82. The quantitative estimate of drug-likeness (QED) is 0.736. The van der Waals surface area contributed by atoms with Crippen LogP contribution in [0.5, 0.6) is 5.75 Å². The van der Waals surface area contributed by atoms with Crippen LogP contribution in [0.1, 0.15) is 22.3 Å². The molecule has 0 atom stereocenters. The summed E-state index contributed by atoms with van der Waals surface area (Å²) in [6.45, 7) is 6.01. The molecule has 88 valence electrons. The zero-order valence-corrected chi connectivity index (χ0v) is 10.5. The van der Waals surface area contributed by atoms with Gasteiger partial charge in [0.05, 0.1) is 20.6 Å². The van der Waals surface area contributed by atoms with Crippen molar-refractivity contribution in [2.75, 3.05) is 14.2 Å².